The lowest BCUT2D eigenvalue weighted by atomic mass is 10.1. The van der Waals surface area contributed by atoms with Crippen LogP contribution < -0.4 is 45.0 Å². The highest BCUT2D eigenvalue weighted by Crippen LogP contribution is 2.23. The minimum absolute atomic E-state index is 0. The van der Waals surface area contributed by atoms with Gasteiger partial charge in [0.15, 0.2) is 0 Å². The van der Waals surface area contributed by atoms with Gasteiger partial charge in [-0.05, 0) is 11.8 Å². The maximum Gasteiger partial charge on any atom is 0.329 e. The van der Waals surface area contributed by atoms with Crippen molar-refractivity contribution in [2.24, 2.45) is 28.2 Å². The van der Waals surface area contributed by atoms with E-state index in [1.54, 1.807) is 0 Å². The van der Waals surface area contributed by atoms with Crippen LogP contribution in [0.3, 0.4) is 0 Å². The second-order valence-electron chi connectivity index (χ2n) is 4.77. The van der Waals surface area contributed by atoms with Gasteiger partial charge in [-0.15, -0.1) is 0 Å². The molecule has 0 aromatic carbocycles. The molecule has 0 amide bonds. The Morgan fingerprint density at radius 1 is 0.600 bits per heavy atom. The fourth-order valence-electron chi connectivity index (χ4n) is 2.08. The average molecular weight is 362 g/mol. The number of quaternary nitrogens is 2. The molecule has 2 heterocycles. The molecule has 2 aromatic rings. The highest BCUT2D eigenvalue weighted by molar-refractivity contribution is 5.70. The van der Waals surface area contributed by atoms with Gasteiger partial charge in [0.25, 0.3) is 11.1 Å². The molecule has 2 aromatic heterocycles. The van der Waals surface area contributed by atoms with Crippen LogP contribution in [-0.2, 0) is 28.2 Å². The summed E-state index contributed by atoms with van der Waals surface area (Å²) in [7, 11) is 4.46. The Morgan fingerprint density at radius 3 is 1.08 bits per heavy atom. The van der Waals surface area contributed by atoms with Crippen molar-refractivity contribution in [3.8, 4) is 22.9 Å². The molecule has 0 saturated carbocycles. The quantitative estimate of drug-likeness (QED) is 0.515. The summed E-state index contributed by atoms with van der Waals surface area (Å²) in [6.07, 6.45) is 0. The third-order valence-corrected chi connectivity index (χ3v) is 3.47. The summed E-state index contributed by atoms with van der Waals surface area (Å²) in [6.45, 7) is 0. The summed E-state index contributed by atoms with van der Waals surface area (Å²) >= 11 is 0. The Hall–Kier alpha value is -3.16. The third-order valence-electron chi connectivity index (χ3n) is 3.47. The predicted molar refractivity (Wildman–Crippen MR) is 87.3 cm³/mol. The minimum atomic E-state index is -1.07. The number of nitrogens with zero attached hydrogens (tertiary/aromatic N) is 4. The van der Waals surface area contributed by atoms with Crippen LogP contribution in [0.15, 0.2) is 19.2 Å². The van der Waals surface area contributed by atoms with E-state index >= 15 is 0 Å². The zero-order valence-electron chi connectivity index (χ0n) is 14.7. The maximum atomic E-state index is 12.2. The van der Waals surface area contributed by atoms with E-state index in [4.69, 9.17) is 0 Å². The molecule has 10 N–H and O–H groups in total. The van der Waals surface area contributed by atoms with Crippen molar-refractivity contribution in [3.05, 3.63) is 41.7 Å². The van der Waals surface area contributed by atoms with E-state index in [1.165, 1.54) is 0 Å². The molecule has 0 unspecified atom stereocenters. The Morgan fingerprint density at radius 2 is 0.840 bits per heavy atom. The molecule has 0 bridgehead atoms. The number of hydrogen-bond donors (Lipinski definition) is 2. The van der Waals surface area contributed by atoms with Gasteiger partial charge < -0.3 is 37.1 Å². The highest BCUT2D eigenvalue weighted by Gasteiger charge is 2.18. The number of aromatic nitrogens is 4. The molecule has 0 saturated heterocycles. The van der Waals surface area contributed by atoms with Gasteiger partial charge in [0.1, 0.15) is 0 Å². The van der Waals surface area contributed by atoms with E-state index in [0.29, 0.717) is 18.3 Å². The second kappa shape index (κ2) is 7.61. The zero-order chi connectivity index (χ0) is 16.9. The van der Waals surface area contributed by atoms with E-state index < -0.39 is 45.4 Å². The average Bonchev–Trinajstić information content (AvgIpc) is 2.50. The Balaban J connectivity index is 0. The molecule has 13 heteroatoms. The van der Waals surface area contributed by atoms with Crippen LogP contribution in [0.25, 0.3) is 11.1 Å². The van der Waals surface area contributed by atoms with Gasteiger partial charge in [-0.25, -0.2) is 9.59 Å². The van der Waals surface area contributed by atoms with Crippen molar-refractivity contribution in [2.45, 2.75) is 0 Å². The van der Waals surface area contributed by atoms with Crippen molar-refractivity contribution >= 4 is 0 Å². The zero-order valence-corrected chi connectivity index (χ0v) is 14.7. The van der Waals surface area contributed by atoms with E-state index in [0.717, 1.165) is 28.2 Å². The van der Waals surface area contributed by atoms with Gasteiger partial charge in [0, 0.05) is 28.2 Å². The molecule has 0 aliphatic heterocycles. The second-order valence-corrected chi connectivity index (χ2v) is 4.77. The van der Waals surface area contributed by atoms with Crippen LogP contribution in [0, 0.1) is 0 Å². The fraction of sp³-hybridized carbons (Fsp3) is 0.333. The first-order valence-electron chi connectivity index (χ1n) is 6.05. The van der Waals surface area contributed by atoms with Crippen molar-refractivity contribution in [2.75, 3.05) is 0 Å². The van der Waals surface area contributed by atoms with Gasteiger partial charge in [0.05, 0.1) is 11.1 Å². The molecule has 25 heavy (non-hydrogen) atoms. The van der Waals surface area contributed by atoms with Crippen LogP contribution >= 0.6 is 0 Å². The first kappa shape index (κ1) is 24.1. The first-order valence-corrected chi connectivity index (χ1v) is 6.05. The molecular weight excluding hydrogens is 340 g/mol. The van der Waals surface area contributed by atoms with Crippen LogP contribution in [0.1, 0.15) is 0 Å². The largest absolute Gasteiger partial charge is 0.859 e. The van der Waals surface area contributed by atoms with Crippen molar-refractivity contribution < 1.29 is 15.7 Å². The van der Waals surface area contributed by atoms with Gasteiger partial charge in [-0.2, -0.15) is 0 Å². The van der Waals surface area contributed by atoms with E-state index in [2.05, 4.69) is 0 Å². The smallest absolute Gasteiger partial charge is 0.329 e. The highest BCUT2D eigenvalue weighted by atomic mass is 16.3. The summed E-state index contributed by atoms with van der Waals surface area (Å²) in [6, 6.07) is 0. The summed E-state index contributed by atoms with van der Waals surface area (Å²) in [5, 5.41) is 24.3. The van der Waals surface area contributed by atoms with Gasteiger partial charge >= 0.3 is 11.4 Å². The SMILES string of the molecule is Cn1c([O-])c(-c2c([O-])n(C)c(=O)n(C)c2=O)c(=O)n(C)c1=O.O.[NH4+].[NH4+]. The summed E-state index contributed by atoms with van der Waals surface area (Å²) < 4.78 is 2.45. The summed E-state index contributed by atoms with van der Waals surface area (Å²) in [5.41, 5.74) is -5.36. The monoisotopic (exact) mass is 362 g/mol. The normalized spacial score (nSPS) is 9.60. The molecule has 0 spiro atoms. The molecule has 0 fully saturated rings. The molecule has 142 valence electrons. The van der Waals surface area contributed by atoms with Crippen LogP contribution in [-0.4, -0.2) is 23.7 Å². The van der Waals surface area contributed by atoms with Gasteiger partial charge in [-0.3, -0.25) is 18.7 Å². The first-order chi connectivity index (χ1) is 10.1. The van der Waals surface area contributed by atoms with Crippen molar-refractivity contribution in [3.63, 3.8) is 0 Å². The van der Waals surface area contributed by atoms with Gasteiger partial charge in [-0.1, -0.05) is 0 Å². The Labute approximate surface area is 140 Å². The number of hydrogen-bond acceptors (Lipinski definition) is 6. The molecular formula is C12H22N6O7. The van der Waals surface area contributed by atoms with Crippen molar-refractivity contribution in [1.82, 2.24) is 30.6 Å². The molecule has 13 nitrogen and oxygen atoms in total. The fourth-order valence-corrected chi connectivity index (χ4v) is 2.08. The van der Waals surface area contributed by atoms with Crippen LogP contribution in [0.4, 0.5) is 0 Å². The standard InChI is InChI=1S/C12H14N4O6.2H3N.H2O/c1-13-7(17)5(8(18)14(2)11(13)21)6-9(19)15(3)12(22)16(4)10(6)20;;;/h17,19H,1-4H3;2*1H3;1H2. The van der Waals surface area contributed by atoms with E-state index in [9.17, 15) is 29.4 Å². The lowest BCUT2D eigenvalue weighted by Gasteiger charge is -2.23. The van der Waals surface area contributed by atoms with Crippen molar-refractivity contribution in [1.29, 1.82) is 0 Å². The van der Waals surface area contributed by atoms with E-state index in [1.807, 2.05) is 0 Å². The molecule has 2 rings (SSSR count). The summed E-state index contributed by atoms with van der Waals surface area (Å²) in [5.74, 6) is -2.14. The molecule has 0 aliphatic rings. The van der Waals surface area contributed by atoms with E-state index in [-0.39, 0.29) is 17.8 Å². The number of rotatable bonds is 1. The molecule has 0 aliphatic carbocycles. The topological polar surface area (TPSA) is 239 Å². The maximum absolute atomic E-state index is 12.2. The third kappa shape index (κ3) is 3.10. The van der Waals surface area contributed by atoms with Crippen LogP contribution in [0.5, 0.6) is 11.8 Å². The van der Waals surface area contributed by atoms with Gasteiger partial charge in [0.2, 0.25) is 0 Å². The Bertz CT molecular complexity index is 943. The minimum Gasteiger partial charge on any atom is -0.859 e. The summed E-state index contributed by atoms with van der Waals surface area (Å²) in [4.78, 5) is 47.6. The lowest BCUT2D eigenvalue weighted by molar-refractivity contribution is -0.282. The lowest BCUT2D eigenvalue weighted by Crippen LogP contribution is -2.43. The molecule has 0 atom stereocenters. The Kier molecular flexibility index (Phi) is 7.33. The van der Waals surface area contributed by atoms with Crippen LogP contribution in [0.2, 0.25) is 0 Å². The predicted octanol–water partition coefficient (Wildman–Crippen LogP) is -3.78. The molecule has 0 radical (unpaired) electrons.